The smallest absolute Gasteiger partial charge is 0.282 e. The number of anilines is 1. The number of nitrogens with zero attached hydrogens (tertiary/aromatic N) is 2. The van der Waals surface area contributed by atoms with E-state index in [1.54, 1.807) is 42.5 Å². The monoisotopic (exact) mass is 560 g/mol. The summed E-state index contributed by atoms with van der Waals surface area (Å²) in [6.45, 7) is 0. The number of rotatable bonds is 6. The predicted molar refractivity (Wildman–Crippen MR) is 141 cm³/mol. The van der Waals surface area contributed by atoms with Crippen LogP contribution in [0.25, 0.3) is 0 Å². The van der Waals surface area contributed by atoms with Gasteiger partial charge in [0.15, 0.2) is 0 Å². The summed E-state index contributed by atoms with van der Waals surface area (Å²) >= 11 is 8.34. The maximum absolute atomic E-state index is 12.1. The van der Waals surface area contributed by atoms with Gasteiger partial charge in [-0.25, -0.2) is 13.6 Å². The number of benzene rings is 3. The van der Waals surface area contributed by atoms with E-state index < -0.39 is 31.3 Å². The highest BCUT2D eigenvalue weighted by Gasteiger charge is 2.51. The molecule has 0 radical (unpaired) electrons. The van der Waals surface area contributed by atoms with E-state index in [0.717, 1.165) is 0 Å². The van der Waals surface area contributed by atoms with Crippen LogP contribution >= 0.6 is 23.4 Å². The molecule has 5 rings (SSSR count). The maximum Gasteiger partial charge on any atom is 0.282 e. The molecule has 3 aromatic carbocycles. The van der Waals surface area contributed by atoms with Crippen LogP contribution in [0.2, 0.25) is 0 Å². The number of hydrogen-bond acceptors (Lipinski definition) is 8. The van der Waals surface area contributed by atoms with Crippen molar-refractivity contribution in [3.8, 4) is 0 Å². The molecule has 1 heterocycles. The van der Waals surface area contributed by atoms with Crippen LogP contribution in [0.4, 0.5) is 17.1 Å². The molecule has 0 aromatic heterocycles. The van der Waals surface area contributed by atoms with Crippen LogP contribution in [0.15, 0.2) is 76.5 Å². The molecule has 0 spiro atoms. The van der Waals surface area contributed by atoms with E-state index in [-0.39, 0.29) is 33.4 Å². The van der Waals surface area contributed by atoms with Gasteiger partial charge in [0.05, 0.1) is 36.6 Å². The quantitative estimate of drug-likeness (QED) is 0.237. The second kappa shape index (κ2) is 9.60. The van der Waals surface area contributed by atoms with Crippen LogP contribution in [-0.4, -0.2) is 28.9 Å². The molecule has 3 N–H and O–H groups in total. The van der Waals surface area contributed by atoms with E-state index in [1.807, 2.05) is 0 Å². The van der Waals surface area contributed by atoms with Gasteiger partial charge in [0.25, 0.3) is 11.4 Å². The molecule has 0 bridgehead atoms. The molecule has 5 atom stereocenters. The van der Waals surface area contributed by atoms with Crippen LogP contribution in [-0.2, 0) is 10.0 Å². The Morgan fingerprint density at radius 3 is 2.27 bits per heavy atom. The van der Waals surface area contributed by atoms with Crippen LogP contribution in [0.1, 0.15) is 29.5 Å². The third-order valence-corrected chi connectivity index (χ3v) is 9.95. The van der Waals surface area contributed by atoms with Crippen LogP contribution in [0, 0.1) is 26.1 Å². The van der Waals surface area contributed by atoms with Gasteiger partial charge in [0, 0.05) is 29.0 Å². The number of halogens is 1. The van der Waals surface area contributed by atoms with E-state index in [4.69, 9.17) is 16.7 Å². The topological polar surface area (TPSA) is 158 Å². The largest absolute Gasteiger partial charge is 0.377 e. The highest BCUT2D eigenvalue weighted by atomic mass is 35.5. The van der Waals surface area contributed by atoms with Gasteiger partial charge in [0.1, 0.15) is 0 Å². The average molecular weight is 561 g/mol. The Morgan fingerprint density at radius 2 is 1.59 bits per heavy atom. The molecule has 1 aliphatic heterocycles. The Balaban J connectivity index is 1.61. The lowest BCUT2D eigenvalue weighted by molar-refractivity contribution is -0.387. The second-order valence-corrected chi connectivity index (χ2v) is 12.3. The number of nitrogens with one attached hydrogen (secondary N) is 1. The number of nitro benzene ring substituents is 2. The molecule has 3 aromatic rings. The van der Waals surface area contributed by atoms with Crippen LogP contribution in [0.5, 0.6) is 0 Å². The number of sulfonamides is 1. The lowest BCUT2D eigenvalue weighted by Gasteiger charge is -2.38. The lowest BCUT2D eigenvalue weighted by Crippen LogP contribution is -2.32. The Kier molecular flexibility index (Phi) is 6.61. The van der Waals surface area contributed by atoms with Gasteiger partial charge in [0.2, 0.25) is 10.0 Å². The minimum atomic E-state index is -3.98. The van der Waals surface area contributed by atoms with Gasteiger partial charge >= 0.3 is 0 Å². The lowest BCUT2D eigenvalue weighted by atomic mass is 9.77. The van der Waals surface area contributed by atoms with Gasteiger partial charge in [-0.05, 0) is 42.2 Å². The number of hydrogen-bond donors (Lipinski definition) is 2. The fourth-order valence-corrected chi connectivity index (χ4v) is 7.86. The van der Waals surface area contributed by atoms with Crippen molar-refractivity contribution in [2.75, 3.05) is 5.32 Å². The first kappa shape index (κ1) is 25.5. The van der Waals surface area contributed by atoms with E-state index in [0.29, 0.717) is 28.1 Å². The third kappa shape index (κ3) is 4.65. The highest BCUT2D eigenvalue weighted by Crippen LogP contribution is 2.58. The molecular weight excluding hydrogens is 540 g/mol. The minimum Gasteiger partial charge on any atom is -0.377 e. The average Bonchev–Trinajstić information content (AvgIpc) is 3.19. The first-order chi connectivity index (χ1) is 17.6. The van der Waals surface area contributed by atoms with E-state index in [1.165, 1.54) is 36.0 Å². The van der Waals surface area contributed by atoms with Crippen molar-refractivity contribution in [1.82, 2.24) is 0 Å². The first-order valence-electron chi connectivity index (χ1n) is 11.3. The number of para-hydroxylation sites is 2. The van der Waals surface area contributed by atoms with Crippen molar-refractivity contribution in [2.24, 2.45) is 11.1 Å². The summed E-state index contributed by atoms with van der Waals surface area (Å²) in [4.78, 5) is 22.9. The van der Waals surface area contributed by atoms with Gasteiger partial charge in [-0.2, -0.15) is 0 Å². The molecule has 13 heteroatoms. The third-order valence-electron chi connectivity index (χ3n) is 6.92. The summed E-state index contributed by atoms with van der Waals surface area (Å²) < 4.78 is 24.2. The number of alkyl halides is 1. The Morgan fingerprint density at radius 1 is 0.946 bits per heavy atom. The molecule has 1 saturated carbocycles. The highest BCUT2D eigenvalue weighted by molar-refractivity contribution is 8.00. The van der Waals surface area contributed by atoms with Gasteiger partial charge < -0.3 is 5.32 Å². The fraction of sp³-hybridized carbons (Fsp3) is 0.250. The first-order valence-corrected chi connectivity index (χ1v) is 14.1. The number of fused-ring (bicyclic) bond motifs is 3. The number of nitrogens with two attached hydrogens (primary N) is 1. The Hall–Kier alpha value is -3.19. The van der Waals surface area contributed by atoms with Crippen molar-refractivity contribution in [3.05, 3.63) is 98.1 Å². The normalized spacial score (nSPS) is 24.5. The summed E-state index contributed by atoms with van der Waals surface area (Å²) in [5.41, 5.74) is 1.68. The van der Waals surface area contributed by atoms with Crippen LogP contribution < -0.4 is 10.5 Å². The minimum absolute atomic E-state index is 0.0310. The van der Waals surface area contributed by atoms with Crippen LogP contribution in [0.3, 0.4) is 0 Å². The van der Waals surface area contributed by atoms with Crippen molar-refractivity contribution < 1.29 is 18.3 Å². The van der Waals surface area contributed by atoms with E-state index in [9.17, 15) is 28.6 Å². The zero-order chi connectivity index (χ0) is 26.5. The molecule has 0 amide bonds. The molecule has 10 nitrogen and oxygen atoms in total. The number of nitro groups is 2. The molecule has 37 heavy (non-hydrogen) atoms. The second-order valence-electron chi connectivity index (χ2n) is 8.98. The van der Waals surface area contributed by atoms with Crippen molar-refractivity contribution in [2.45, 2.75) is 38.8 Å². The summed E-state index contributed by atoms with van der Waals surface area (Å²) in [5, 5.41) is 31.3. The zero-order valence-electron chi connectivity index (χ0n) is 19.1. The standard InChI is InChI=1S/C24H21ClN4O6S2/c25-23-21(36-20-8-4-3-7-19(20)29(32)33)12-16-22(23)15-11-13(37(26,34)35)9-10-17(15)27-24(16)14-5-1-2-6-18(14)28(30)31/h1-11,16,21-24,27H,12H2,(H2,26,34,35)/t16-,21-,22+,23-,24+/m0/s1. The molecule has 0 unspecified atom stereocenters. The van der Waals surface area contributed by atoms with Crippen molar-refractivity contribution >= 4 is 50.4 Å². The fourth-order valence-electron chi connectivity index (χ4n) is 5.37. The Bertz CT molecular complexity index is 1520. The Labute approximate surface area is 221 Å². The molecule has 2 aliphatic rings. The van der Waals surface area contributed by atoms with Crippen molar-refractivity contribution in [1.29, 1.82) is 0 Å². The number of primary sulfonamides is 1. The number of thioether (sulfide) groups is 1. The predicted octanol–water partition coefficient (Wildman–Crippen LogP) is 5.19. The van der Waals surface area contributed by atoms with Gasteiger partial charge in [-0.1, -0.05) is 30.3 Å². The summed E-state index contributed by atoms with van der Waals surface area (Å²) in [5.74, 6) is -0.642. The summed E-state index contributed by atoms with van der Waals surface area (Å²) in [6.07, 6.45) is 0.484. The maximum atomic E-state index is 12.1. The summed E-state index contributed by atoms with van der Waals surface area (Å²) in [6, 6.07) is 16.9. The van der Waals surface area contributed by atoms with Gasteiger partial charge in [-0.3, -0.25) is 20.2 Å². The summed E-state index contributed by atoms with van der Waals surface area (Å²) in [7, 11) is -3.98. The van der Waals surface area contributed by atoms with Crippen molar-refractivity contribution in [3.63, 3.8) is 0 Å². The SMILES string of the molecule is NS(=O)(=O)c1ccc2c(c1)[C@H]1[C@@H](Cl)[C@@H](Sc3ccccc3[N+](=O)[O-])C[C@@H]1[C@@H](c1ccccc1[N+](=O)[O-])N2. The molecule has 0 saturated heterocycles. The molecule has 192 valence electrons. The zero-order valence-corrected chi connectivity index (χ0v) is 21.4. The molecular formula is C24H21ClN4O6S2. The van der Waals surface area contributed by atoms with Gasteiger partial charge in [-0.15, -0.1) is 23.4 Å². The molecule has 1 aliphatic carbocycles. The van der Waals surface area contributed by atoms with E-state index >= 15 is 0 Å². The van der Waals surface area contributed by atoms with E-state index in [2.05, 4.69) is 5.32 Å². The molecule has 1 fully saturated rings.